The van der Waals surface area contributed by atoms with Gasteiger partial charge in [-0.3, -0.25) is 14.9 Å². The molecule has 6 nitrogen and oxygen atoms in total. The number of amides is 1. The Kier molecular flexibility index (Phi) is 5.52. The second-order valence-electron chi connectivity index (χ2n) is 4.82. The van der Waals surface area contributed by atoms with Crippen LogP contribution in [0.4, 0.5) is 5.69 Å². The van der Waals surface area contributed by atoms with E-state index < -0.39 is 16.4 Å². The number of nitro groups is 1. The van der Waals surface area contributed by atoms with Gasteiger partial charge < -0.3 is 10.4 Å². The van der Waals surface area contributed by atoms with E-state index in [0.717, 1.165) is 0 Å². The zero-order valence-corrected chi connectivity index (χ0v) is 12.5. The molecule has 0 heterocycles. The minimum absolute atomic E-state index is 0.0893. The molecule has 0 aliphatic heterocycles. The molecule has 0 saturated heterocycles. The van der Waals surface area contributed by atoms with Gasteiger partial charge in [0.1, 0.15) is 0 Å². The number of nitrogens with one attached hydrogen (secondary N) is 1. The molecule has 0 aromatic heterocycles. The molecule has 0 saturated carbocycles. The molecular weight excluding hydrogens is 280 g/mol. The number of aliphatic hydroxyl groups is 1. The van der Waals surface area contributed by atoms with Crippen LogP contribution in [0.2, 0.25) is 0 Å². The van der Waals surface area contributed by atoms with Crippen molar-refractivity contribution in [1.82, 2.24) is 5.32 Å². The molecule has 110 valence electrons. The van der Waals surface area contributed by atoms with Gasteiger partial charge in [-0.2, -0.15) is 11.8 Å². The highest BCUT2D eigenvalue weighted by atomic mass is 32.2. The van der Waals surface area contributed by atoms with Crippen molar-refractivity contribution in [3.8, 4) is 0 Å². The van der Waals surface area contributed by atoms with E-state index in [2.05, 4.69) is 5.32 Å². The van der Waals surface area contributed by atoms with Crippen LogP contribution >= 0.6 is 11.8 Å². The maximum atomic E-state index is 12.0. The van der Waals surface area contributed by atoms with Crippen molar-refractivity contribution in [2.75, 3.05) is 18.6 Å². The molecule has 2 N–H and O–H groups in total. The number of nitrogens with zero attached hydrogens (tertiary/aromatic N) is 1. The Labute approximate surface area is 121 Å². The molecular formula is C13H18N2O4S. The highest BCUT2D eigenvalue weighted by Gasteiger charge is 2.23. The number of carbonyl (C=O) groups is 1. The number of benzene rings is 1. The lowest BCUT2D eigenvalue weighted by molar-refractivity contribution is -0.385. The first-order valence-corrected chi connectivity index (χ1v) is 7.41. The number of hydrogen-bond acceptors (Lipinski definition) is 5. The summed E-state index contributed by atoms with van der Waals surface area (Å²) in [5.74, 6) is 0.0638. The average molecular weight is 298 g/mol. The Hall–Kier alpha value is -1.60. The summed E-state index contributed by atoms with van der Waals surface area (Å²) < 4.78 is 0. The number of thioether (sulfide) groups is 1. The minimum atomic E-state index is -1.01. The highest BCUT2D eigenvalue weighted by Crippen LogP contribution is 2.21. The van der Waals surface area contributed by atoms with Gasteiger partial charge in [0.05, 0.1) is 10.5 Å². The van der Waals surface area contributed by atoms with Crippen LogP contribution in [-0.2, 0) is 0 Å². The largest absolute Gasteiger partial charge is 0.387 e. The fourth-order valence-electron chi connectivity index (χ4n) is 1.80. The maximum Gasteiger partial charge on any atom is 0.273 e. The fraction of sp³-hybridized carbons (Fsp3) is 0.462. The molecule has 0 aliphatic carbocycles. The lowest BCUT2D eigenvalue weighted by atomic mass is 10.1. The van der Waals surface area contributed by atoms with Crippen LogP contribution in [0, 0.1) is 17.0 Å². The molecule has 20 heavy (non-hydrogen) atoms. The molecule has 1 aromatic carbocycles. The first kappa shape index (κ1) is 16.5. The molecule has 0 aliphatic rings. The monoisotopic (exact) mass is 298 g/mol. The zero-order valence-electron chi connectivity index (χ0n) is 11.7. The van der Waals surface area contributed by atoms with Gasteiger partial charge in [0, 0.05) is 29.5 Å². The Morgan fingerprint density at radius 2 is 2.20 bits per heavy atom. The van der Waals surface area contributed by atoms with E-state index in [9.17, 15) is 20.0 Å². The molecule has 1 amide bonds. The summed E-state index contributed by atoms with van der Waals surface area (Å²) >= 11 is 1.47. The van der Waals surface area contributed by atoms with E-state index in [-0.39, 0.29) is 17.8 Å². The molecule has 1 atom stereocenters. The SMILES string of the molecule is CSCC(C)(O)CNC(=O)c1cccc([N+](=O)[O-])c1C. The second-order valence-corrected chi connectivity index (χ2v) is 5.69. The van der Waals surface area contributed by atoms with Crippen molar-refractivity contribution in [2.45, 2.75) is 19.4 Å². The van der Waals surface area contributed by atoms with Crippen LogP contribution in [0.1, 0.15) is 22.8 Å². The van der Waals surface area contributed by atoms with Crippen molar-refractivity contribution in [3.05, 3.63) is 39.4 Å². The van der Waals surface area contributed by atoms with Gasteiger partial charge in [0.15, 0.2) is 0 Å². The molecule has 1 aromatic rings. The molecule has 7 heteroatoms. The van der Waals surface area contributed by atoms with Crippen molar-refractivity contribution < 1.29 is 14.8 Å². The highest BCUT2D eigenvalue weighted by molar-refractivity contribution is 7.98. The molecule has 0 fully saturated rings. The number of carbonyl (C=O) groups excluding carboxylic acids is 1. The Morgan fingerprint density at radius 3 is 2.75 bits per heavy atom. The van der Waals surface area contributed by atoms with Crippen LogP contribution in [0.15, 0.2) is 18.2 Å². The summed E-state index contributed by atoms with van der Waals surface area (Å²) in [5.41, 5.74) is -0.531. The lowest BCUT2D eigenvalue weighted by Crippen LogP contribution is -2.42. The Bertz CT molecular complexity index is 517. The summed E-state index contributed by atoms with van der Waals surface area (Å²) in [6, 6.07) is 4.36. The van der Waals surface area contributed by atoms with Crippen LogP contribution in [0.3, 0.4) is 0 Å². The first-order chi connectivity index (χ1) is 9.28. The van der Waals surface area contributed by atoms with E-state index in [1.807, 2.05) is 6.26 Å². The van der Waals surface area contributed by atoms with Crippen LogP contribution in [0.5, 0.6) is 0 Å². The summed E-state index contributed by atoms with van der Waals surface area (Å²) in [4.78, 5) is 22.4. The minimum Gasteiger partial charge on any atom is -0.387 e. The smallest absolute Gasteiger partial charge is 0.273 e. The average Bonchev–Trinajstić information content (AvgIpc) is 2.36. The normalized spacial score (nSPS) is 13.6. The Morgan fingerprint density at radius 1 is 1.55 bits per heavy atom. The van der Waals surface area contributed by atoms with Crippen molar-refractivity contribution in [2.24, 2.45) is 0 Å². The van der Waals surface area contributed by atoms with E-state index >= 15 is 0 Å². The van der Waals surface area contributed by atoms with Gasteiger partial charge in [0.25, 0.3) is 11.6 Å². The van der Waals surface area contributed by atoms with Gasteiger partial charge in [-0.25, -0.2) is 0 Å². The second kappa shape index (κ2) is 6.71. The molecule has 0 spiro atoms. The van der Waals surface area contributed by atoms with Crippen LogP contribution in [0.25, 0.3) is 0 Å². The standard InChI is InChI=1S/C13H18N2O4S/c1-9-10(5-4-6-11(9)15(18)19)12(16)14-7-13(2,17)8-20-3/h4-6,17H,7-8H2,1-3H3,(H,14,16). The van der Waals surface area contributed by atoms with Gasteiger partial charge in [-0.15, -0.1) is 0 Å². The third kappa shape index (κ3) is 4.21. The molecule has 1 unspecified atom stereocenters. The van der Waals surface area contributed by atoms with Gasteiger partial charge >= 0.3 is 0 Å². The van der Waals surface area contributed by atoms with E-state index in [1.54, 1.807) is 6.92 Å². The van der Waals surface area contributed by atoms with E-state index in [4.69, 9.17) is 0 Å². The van der Waals surface area contributed by atoms with Crippen molar-refractivity contribution >= 4 is 23.4 Å². The van der Waals surface area contributed by atoms with Gasteiger partial charge in [-0.05, 0) is 26.2 Å². The van der Waals surface area contributed by atoms with E-state index in [0.29, 0.717) is 11.3 Å². The summed E-state index contributed by atoms with van der Waals surface area (Å²) in [7, 11) is 0. The number of hydrogen-bond donors (Lipinski definition) is 2. The number of nitro benzene ring substituents is 1. The van der Waals surface area contributed by atoms with Crippen LogP contribution < -0.4 is 5.32 Å². The first-order valence-electron chi connectivity index (χ1n) is 6.02. The predicted octanol–water partition coefficient (Wildman–Crippen LogP) is 1.75. The summed E-state index contributed by atoms with van der Waals surface area (Å²) in [6.07, 6.45) is 1.86. The molecule has 0 radical (unpaired) electrons. The van der Waals surface area contributed by atoms with Gasteiger partial charge in [-0.1, -0.05) is 6.07 Å². The fourth-order valence-corrected chi connectivity index (χ4v) is 2.52. The topological polar surface area (TPSA) is 92.5 Å². The quantitative estimate of drug-likeness (QED) is 0.616. The Balaban J connectivity index is 2.84. The summed E-state index contributed by atoms with van der Waals surface area (Å²) in [5, 5.41) is 23.4. The molecule has 1 rings (SSSR count). The lowest BCUT2D eigenvalue weighted by Gasteiger charge is -2.22. The third-order valence-corrected chi connectivity index (χ3v) is 3.74. The summed E-state index contributed by atoms with van der Waals surface area (Å²) in [6.45, 7) is 3.26. The van der Waals surface area contributed by atoms with Crippen molar-refractivity contribution in [3.63, 3.8) is 0 Å². The van der Waals surface area contributed by atoms with Crippen molar-refractivity contribution in [1.29, 1.82) is 0 Å². The van der Waals surface area contributed by atoms with Gasteiger partial charge in [0.2, 0.25) is 0 Å². The third-order valence-electron chi connectivity index (χ3n) is 2.83. The van der Waals surface area contributed by atoms with E-state index in [1.165, 1.54) is 36.9 Å². The number of rotatable bonds is 6. The zero-order chi connectivity index (χ0) is 15.3. The predicted molar refractivity (Wildman–Crippen MR) is 79.2 cm³/mol. The van der Waals surface area contributed by atoms with Crippen LogP contribution in [-0.4, -0.2) is 40.1 Å². The maximum absolute atomic E-state index is 12.0. The molecule has 0 bridgehead atoms.